The molecule has 0 unspecified atom stereocenters. The second kappa shape index (κ2) is 8.28. The number of nitrogens with one attached hydrogen (secondary N) is 2. The maximum absolute atomic E-state index is 12.2. The summed E-state index contributed by atoms with van der Waals surface area (Å²) in [6, 6.07) is 6.03. The molecule has 1 fully saturated rings. The van der Waals surface area contributed by atoms with Crippen LogP contribution in [0.1, 0.15) is 26.2 Å². The fourth-order valence-corrected chi connectivity index (χ4v) is 6.04. The molecule has 1 aromatic carbocycles. The van der Waals surface area contributed by atoms with Crippen LogP contribution < -0.4 is 15.5 Å². The van der Waals surface area contributed by atoms with E-state index in [-0.39, 0.29) is 23.3 Å². The highest BCUT2D eigenvalue weighted by atomic mass is 79.9. The Labute approximate surface area is 203 Å². The summed E-state index contributed by atoms with van der Waals surface area (Å²) in [7, 11) is 3.48. The van der Waals surface area contributed by atoms with E-state index in [1.165, 1.54) is 11.8 Å². The van der Waals surface area contributed by atoms with Crippen molar-refractivity contribution in [1.29, 1.82) is 0 Å². The van der Waals surface area contributed by atoms with Gasteiger partial charge < -0.3 is 15.5 Å². The zero-order valence-electron chi connectivity index (χ0n) is 18.6. The first kappa shape index (κ1) is 22.1. The molecule has 3 aromatic rings. The van der Waals surface area contributed by atoms with Crippen LogP contribution in [-0.4, -0.2) is 57.5 Å². The second-order valence-corrected chi connectivity index (χ2v) is 10.5. The van der Waals surface area contributed by atoms with Crippen molar-refractivity contribution in [2.75, 3.05) is 30.1 Å². The normalized spacial score (nSPS) is 22.5. The number of halogens is 1. The van der Waals surface area contributed by atoms with E-state index >= 15 is 0 Å². The lowest BCUT2D eigenvalue weighted by Gasteiger charge is -2.25. The number of carbonyl (C=O) groups excluding carboxylic acids is 2. The van der Waals surface area contributed by atoms with E-state index in [0.717, 1.165) is 40.9 Å². The van der Waals surface area contributed by atoms with Crippen LogP contribution in [0.2, 0.25) is 0 Å². The summed E-state index contributed by atoms with van der Waals surface area (Å²) in [5, 5.41) is 11.6. The Morgan fingerprint density at radius 3 is 2.97 bits per heavy atom. The number of benzene rings is 1. The molecule has 2 N–H and O–H groups in total. The number of rotatable bonds is 4. The minimum atomic E-state index is -0.378. The average Bonchev–Trinajstić information content (AvgIpc) is 3.36. The number of carbonyl (C=O) groups is 2. The van der Waals surface area contributed by atoms with Crippen molar-refractivity contribution in [3.63, 3.8) is 0 Å². The van der Waals surface area contributed by atoms with Gasteiger partial charge in [0.15, 0.2) is 5.65 Å². The van der Waals surface area contributed by atoms with Gasteiger partial charge in [-0.1, -0.05) is 6.92 Å². The lowest BCUT2D eigenvalue weighted by atomic mass is 9.87. The Kier molecular flexibility index (Phi) is 5.56. The van der Waals surface area contributed by atoms with E-state index in [1.807, 2.05) is 25.1 Å². The maximum Gasteiger partial charge on any atom is 0.237 e. The molecule has 2 aliphatic rings. The van der Waals surface area contributed by atoms with Crippen LogP contribution >= 0.6 is 27.7 Å². The largest absolute Gasteiger partial charge is 0.359 e. The number of hydrogen-bond donors (Lipinski definition) is 2. The minimum Gasteiger partial charge on any atom is -0.359 e. The molecule has 172 valence electrons. The average molecular weight is 530 g/mol. The first-order chi connectivity index (χ1) is 15.8. The Balaban J connectivity index is 1.45. The molecule has 3 heterocycles. The molecule has 1 aliphatic heterocycles. The molecule has 0 bridgehead atoms. The van der Waals surface area contributed by atoms with Gasteiger partial charge in [0, 0.05) is 36.6 Å². The third kappa shape index (κ3) is 3.86. The van der Waals surface area contributed by atoms with Gasteiger partial charge in [0.2, 0.25) is 17.8 Å². The van der Waals surface area contributed by atoms with Gasteiger partial charge in [0.25, 0.3) is 0 Å². The van der Waals surface area contributed by atoms with Gasteiger partial charge in [0.05, 0.1) is 22.5 Å². The Bertz CT molecular complexity index is 1280. The van der Waals surface area contributed by atoms with Crippen molar-refractivity contribution < 1.29 is 9.59 Å². The van der Waals surface area contributed by atoms with Crippen molar-refractivity contribution >= 4 is 62.2 Å². The van der Waals surface area contributed by atoms with Crippen molar-refractivity contribution in [3.05, 3.63) is 29.0 Å². The smallest absolute Gasteiger partial charge is 0.237 e. The predicted molar refractivity (Wildman–Crippen MR) is 132 cm³/mol. The zero-order valence-corrected chi connectivity index (χ0v) is 21.0. The van der Waals surface area contributed by atoms with Gasteiger partial charge >= 0.3 is 0 Å². The van der Waals surface area contributed by atoms with Gasteiger partial charge in [-0.15, -0.1) is 11.8 Å². The molecule has 11 heteroatoms. The van der Waals surface area contributed by atoms with Crippen LogP contribution in [-0.2, 0) is 9.59 Å². The monoisotopic (exact) mass is 529 g/mol. The van der Waals surface area contributed by atoms with Gasteiger partial charge in [-0.2, -0.15) is 10.1 Å². The lowest BCUT2D eigenvalue weighted by Crippen LogP contribution is -2.35. The molecule has 1 aliphatic carbocycles. The standard InChI is InChI=1S/C22H24BrN7O2S/c1-22(20(32)24-2)7-6-12(9-22)26-21-25-10-14-18(23)28-30(19(14)27-21)13-4-5-15-16(8-13)33-11-17(31)29(15)3/h4-5,8,10,12H,6-7,9,11H2,1-3H3,(H,24,32)(H,25,26,27)/t12-,22-/m1/s1. The number of fused-ring (bicyclic) bond motifs is 2. The minimum absolute atomic E-state index is 0.0720. The number of thioether (sulfide) groups is 1. The molecule has 0 saturated heterocycles. The lowest BCUT2D eigenvalue weighted by molar-refractivity contribution is -0.129. The highest BCUT2D eigenvalue weighted by Crippen LogP contribution is 2.39. The van der Waals surface area contributed by atoms with E-state index in [2.05, 4.69) is 36.6 Å². The summed E-state index contributed by atoms with van der Waals surface area (Å²) in [6.45, 7) is 2.00. The van der Waals surface area contributed by atoms with Gasteiger partial charge in [-0.25, -0.2) is 9.67 Å². The molecule has 0 radical (unpaired) electrons. The van der Waals surface area contributed by atoms with Crippen molar-refractivity contribution in [3.8, 4) is 5.69 Å². The first-order valence-electron chi connectivity index (χ1n) is 10.7. The van der Waals surface area contributed by atoms with Crippen LogP contribution in [0.4, 0.5) is 11.6 Å². The van der Waals surface area contributed by atoms with Crippen molar-refractivity contribution in [1.82, 2.24) is 25.1 Å². The van der Waals surface area contributed by atoms with E-state index in [0.29, 0.717) is 22.0 Å². The van der Waals surface area contributed by atoms with E-state index in [9.17, 15) is 9.59 Å². The predicted octanol–water partition coefficient (Wildman–Crippen LogP) is 3.36. The van der Waals surface area contributed by atoms with Crippen LogP contribution in [0.3, 0.4) is 0 Å². The highest BCUT2D eigenvalue weighted by molar-refractivity contribution is 9.10. The molecule has 9 nitrogen and oxygen atoms in total. The van der Waals surface area contributed by atoms with Crippen LogP contribution in [0, 0.1) is 5.41 Å². The molecule has 1 saturated carbocycles. The summed E-state index contributed by atoms with van der Waals surface area (Å²) in [5.74, 6) is 1.10. The number of aromatic nitrogens is 4. The van der Waals surface area contributed by atoms with E-state index in [1.54, 1.807) is 29.9 Å². The molecular formula is C22H24BrN7O2S. The van der Waals surface area contributed by atoms with Gasteiger partial charge in [0.1, 0.15) is 4.60 Å². The number of nitrogens with zero attached hydrogens (tertiary/aromatic N) is 5. The quantitative estimate of drug-likeness (QED) is 0.533. The molecule has 33 heavy (non-hydrogen) atoms. The van der Waals surface area contributed by atoms with Crippen LogP contribution in [0.5, 0.6) is 0 Å². The Morgan fingerprint density at radius 1 is 1.36 bits per heavy atom. The maximum atomic E-state index is 12.2. The topological polar surface area (TPSA) is 105 Å². The second-order valence-electron chi connectivity index (χ2n) is 8.75. The third-order valence-electron chi connectivity index (χ3n) is 6.50. The molecule has 0 spiro atoms. The van der Waals surface area contributed by atoms with Crippen molar-refractivity contribution in [2.24, 2.45) is 5.41 Å². The number of anilines is 2. The SMILES string of the molecule is CNC(=O)[C@]1(C)CC[C@@H](Nc2ncc3c(Br)nn(-c4ccc5c(c4)SCC(=O)N5C)c3n2)C1. The molecule has 2 atom stereocenters. The fraction of sp³-hybridized carbons (Fsp3) is 0.409. The molecular weight excluding hydrogens is 506 g/mol. The third-order valence-corrected chi connectivity index (χ3v) is 8.12. The zero-order chi connectivity index (χ0) is 23.3. The van der Waals surface area contributed by atoms with Crippen LogP contribution in [0.25, 0.3) is 16.7 Å². The van der Waals surface area contributed by atoms with Crippen molar-refractivity contribution in [2.45, 2.75) is 37.1 Å². The van der Waals surface area contributed by atoms with Crippen LogP contribution in [0.15, 0.2) is 33.9 Å². The summed E-state index contributed by atoms with van der Waals surface area (Å²) in [5.41, 5.74) is 2.05. The number of amides is 2. The van der Waals surface area contributed by atoms with E-state index < -0.39 is 0 Å². The Hall–Kier alpha value is -2.66. The molecule has 5 rings (SSSR count). The van der Waals surface area contributed by atoms with E-state index in [4.69, 9.17) is 4.98 Å². The molecule has 2 aromatic heterocycles. The first-order valence-corrected chi connectivity index (χ1v) is 12.5. The van der Waals surface area contributed by atoms with Gasteiger partial charge in [-0.05, 0) is 53.4 Å². The summed E-state index contributed by atoms with van der Waals surface area (Å²) >= 11 is 5.05. The summed E-state index contributed by atoms with van der Waals surface area (Å²) in [6.07, 6.45) is 4.18. The number of hydrogen-bond acceptors (Lipinski definition) is 7. The highest BCUT2D eigenvalue weighted by Gasteiger charge is 2.41. The molecule has 2 amide bonds. The summed E-state index contributed by atoms with van der Waals surface area (Å²) < 4.78 is 2.45. The Morgan fingerprint density at radius 2 is 2.18 bits per heavy atom. The van der Waals surface area contributed by atoms with Gasteiger partial charge in [-0.3, -0.25) is 9.59 Å². The summed E-state index contributed by atoms with van der Waals surface area (Å²) in [4.78, 5) is 36.2. The fourth-order valence-electron chi connectivity index (χ4n) is 4.57.